The molecule has 0 aliphatic carbocycles. The number of para-hydroxylation sites is 2. The molecule has 35 heavy (non-hydrogen) atoms. The lowest BCUT2D eigenvalue weighted by Gasteiger charge is -2.25. The summed E-state index contributed by atoms with van der Waals surface area (Å²) in [5.74, 6) is -0.164. The number of fused-ring (bicyclic) bond motifs is 1. The molecule has 4 aromatic rings. The zero-order chi connectivity index (χ0) is 24.8. The number of carbonyl (C=O) groups is 1. The summed E-state index contributed by atoms with van der Waals surface area (Å²) >= 11 is 7.60. The van der Waals surface area contributed by atoms with Gasteiger partial charge in [-0.3, -0.25) is 14.2 Å². The molecule has 0 N–H and O–H groups in total. The van der Waals surface area contributed by atoms with E-state index in [1.165, 1.54) is 11.8 Å². The van der Waals surface area contributed by atoms with Crippen molar-refractivity contribution in [1.29, 1.82) is 5.26 Å². The van der Waals surface area contributed by atoms with Gasteiger partial charge >= 0.3 is 0 Å². The molecule has 1 atom stereocenters. The summed E-state index contributed by atoms with van der Waals surface area (Å²) in [6, 6.07) is 25.9. The first kappa shape index (κ1) is 24.5. The second kappa shape index (κ2) is 11.2. The lowest BCUT2D eigenvalue weighted by molar-refractivity contribution is -0.117. The number of nitrogens with zero attached hydrogens (tertiary/aromatic N) is 4. The van der Waals surface area contributed by atoms with E-state index in [0.29, 0.717) is 21.1 Å². The molecule has 1 amide bonds. The summed E-state index contributed by atoms with van der Waals surface area (Å²) in [5, 5.41) is 10.0. The van der Waals surface area contributed by atoms with Crippen molar-refractivity contribution in [3.05, 3.63) is 99.8 Å². The molecule has 1 aromatic heterocycles. The van der Waals surface area contributed by atoms with Crippen LogP contribution in [0.5, 0.6) is 0 Å². The average molecular weight is 503 g/mol. The molecule has 6 nitrogen and oxygen atoms in total. The van der Waals surface area contributed by atoms with E-state index in [1.54, 1.807) is 40.7 Å². The summed E-state index contributed by atoms with van der Waals surface area (Å²) in [4.78, 5) is 33.3. The van der Waals surface area contributed by atoms with E-state index in [2.05, 4.69) is 6.07 Å². The van der Waals surface area contributed by atoms with Crippen LogP contribution in [0.15, 0.2) is 88.8 Å². The quantitative estimate of drug-likeness (QED) is 0.234. The molecule has 0 aliphatic rings. The Labute approximate surface area is 212 Å². The summed E-state index contributed by atoms with van der Waals surface area (Å²) in [6.07, 6.45) is 0.212. The summed E-state index contributed by atoms with van der Waals surface area (Å²) in [6.45, 7) is 2.30. The lowest BCUT2D eigenvalue weighted by atomic mass is 10.2. The molecule has 0 radical (unpaired) electrons. The number of aromatic nitrogens is 2. The van der Waals surface area contributed by atoms with Gasteiger partial charge in [0.15, 0.2) is 5.16 Å². The first-order valence-corrected chi connectivity index (χ1v) is 12.4. The Balaban J connectivity index is 1.71. The molecular formula is C27H23ClN4O2S. The number of anilines is 1. The minimum atomic E-state index is -0.556. The fraction of sp³-hybridized carbons (Fsp3) is 0.185. The Bertz CT molecular complexity index is 1450. The predicted molar refractivity (Wildman–Crippen MR) is 141 cm³/mol. The second-order valence-corrected chi connectivity index (χ2v) is 9.60. The van der Waals surface area contributed by atoms with Crippen molar-refractivity contribution in [2.45, 2.75) is 30.3 Å². The van der Waals surface area contributed by atoms with Gasteiger partial charge in [-0.1, -0.05) is 71.9 Å². The van der Waals surface area contributed by atoms with Gasteiger partial charge in [0.2, 0.25) is 5.91 Å². The number of hydrogen-bond donors (Lipinski definition) is 0. The molecule has 4 rings (SSSR count). The van der Waals surface area contributed by atoms with Crippen LogP contribution in [-0.4, -0.2) is 27.3 Å². The van der Waals surface area contributed by atoms with Gasteiger partial charge in [-0.25, -0.2) is 4.98 Å². The van der Waals surface area contributed by atoms with Crippen molar-refractivity contribution >= 4 is 45.9 Å². The smallest absolute Gasteiger partial charge is 0.262 e. The van der Waals surface area contributed by atoms with Crippen LogP contribution in [0.2, 0.25) is 5.02 Å². The maximum atomic E-state index is 13.5. The normalized spacial score (nSPS) is 11.7. The second-order valence-electron chi connectivity index (χ2n) is 7.89. The van der Waals surface area contributed by atoms with Crippen LogP contribution < -0.4 is 10.5 Å². The van der Waals surface area contributed by atoms with E-state index >= 15 is 0 Å². The molecule has 8 heteroatoms. The van der Waals surface area contributed by atoms with Crippen LogP contribution in [0.3, 0.4) is 0 Å². The first-order valence-electron chi connectivity index (χ1n) is 11.1. The van der Waals surface area contributed by atoms with Gasteiger partial charge < -0.3 is 4.90 Å². The maximum absolute atomic E-state index is 13.5. The van der Waals surface area contributed by atoms with Crippen LogP contribution in [0, 0.1) is 11.3 Å². The number of rotatable bonds is 8. The SMILES string of the molecule is CC(Sc1nc2ccccc2c(=O)n1Cc1ccccc1Cl)C(=O)N(CCC#N)c1ccccc1. The maximum Gasteiger partial charge on any atom is 0.262 e. The fourth-order valence-electron chi connectivity index (χ4n) is 3.74. The number of halogens is 1. The molecule has 176 valence electrons. The van der Waals surface area contributed by atoms with Crippen LogP contribution in [-0.2, 0) is 11.3 Å². The highest BCUT2D eigenvalue weighted by molar-refractivity contribution is 8.00. The summed E-state index contributed by atoms with van der Waals surface area (Å²) in [5.41, 5.74) is 1.88. The number of benzene rings is 3. The lowest BCUT2D eigenvalue weighted by Crippen LogP contribution is -2.37. The van der Waals surface area contributed by atoms with Crippen molar-refractivity contribution < 1.29 is 4.79 Å². The van der Waals surface area contributed by atoms with E-state index in [1.807, 2.05) is 54.6 Å². The van der Waals surface area contributed by atoms with Gasteiger partial charge in [0.1, 0.15) is 0 Å². The van der Waals surface area contributed by atoms with E-state index < -0.39 is 5.25 Å². The molecule has 0 bridgehead atoms. The van der Waals surface area contributed by atoms with Gasteiger partial charge in [0, 0.05) is 17.3 Å². The highest BCUT2D eigenvalue weighted by atomic mass is 35.5. The van der Waals surface area contributed by atoms with Crippen molar-refractivity contribution in [2.75, 3.05) is 11.4 Å². The predicted octanol–water partition coefficient (Wildman–Crippen LogP) is 5.53. The monoisotopic (exact) mass is 502 g/mol. The molecule has 0 saturated heterocycles. The third-order valence-electron chi connectivity index (χ3n) is 5.52. The Morgan fingerprint density at radius 3 is 2.51 bits per heavy atom. The van der Waals surface area contributed by atoms with Crippen molar-refractivity contribution in [1.82, 2.24) is 9.55 Å². The van der Waals surface area contributed by atoms with E-state index in [-0.39, 0.29) is 31.0 Å². The summed E-state index contributed by atoms with van der Waals surface area (Å²) < 4.78 is 1.57. The molecule has 0 saturated carbocycles. The summed E-state index contributed by atoms with van der Waals surface area (Å²) in [7, 11) is 0. The first-order chi connectivity index (χ1) is 17.0. The average Bonchev–Trinajstić information content (AvgIpc) is 2.88. The van der Waals surface area contributed by atoms with Crippen LogP contribution >= 0.6 is 23.4 Å². The van der Waals surface area contributed by atoms with Crippen molar-refractivity contribution in [2.24, 2.45) is 0 Å². The molecule has 0 aliphatic heterocycles. The standard InChI is InChI=1S/C27H23ClN4O2S/c1-19(25(33)31(17-9-16-29)21-11-3-2-4-12-21)35-27-30-24-15-8-6-13-22(24)26(34)32(27)18-20-10-5-7-14-23(20)28/h2-8,10-15,19H,9,17-18H2,1H3. The third kappa shape index (κ3) is 5.56. The van der Waals surface area contributed by atoms with Crippen molar-refractivity contribution in [3.63, 3.8) is 0 Å². The number of thioether (sulfide) groups is 1. The van der Waals surface area contributed by atoms with Crippen LogP contribution in [0.4, 0.5) is 5.69 Å². The Hall–Kier alpha value is -3.60. The molecule has 0 spiro atoms. The van der Waals surface area contributed by atoms with Gasteiger partial charge in [-0.2, -0.15) is 5.26 Å². The van der Waals surface area contributed by atoms with Gasteiger partial charge in [0.25, 0.3) is 5.56 Å². The molecule has 0 fully saturated rings. The Morgan fingerprint density at radius 2 is 1.77 bits per heavy atom. The minimum Gasteiger partial charge on any atom is -0.310 e. The highest BCUT2D eigenvalue weighted by Crippen LogP contribution is 2.27. The largest absolute Gasteiger partial charge is 0.310 e. The molecule has 1 unspecified atom stereocenters. The van der Waals surface area contributed by atoms with Crippen molar-refractivity contribution in [3.8, 4) is 6.07 Å². The van der Waals surface area contributed by atoms with Crippen LogP contribution in [0.1, 0.15) is 18.9 Å². The zero-order valence-electron chi connectivity index (χ0n) is 19.1. The fourth-order valence-corrected chi connectivity index (χ4v) is 4.90. The van der Waals surface area contributed by atoms with Gasteiger partial charge in [-0.15, -0.1) is 0 Å². The number of carbonyl (C=O) groups excluding carboxylic acids is 1. The van der Waals surface area contributed by atoms with Gasteiger partial charge in [0.05, 0.1) is 35.2 Å². The van der Waals surface area contributed by atoms with Crippen LogP contribution in [0.25, 0.3) is 10.9 Å². The van der Waals surface area contributed by atoms with E-state index in [4.69, 9.17) is 21.8 Å². The Kier molecular flexibility index (Phi) is 7.86. The topological polar surface area (TPSA) is 79.0 Å². The highest BCUT2D eigenvalue weighted by Gasteiger charge is 2.25. The number of hydrogen-bond acceptors (Lipinski definition) is 5. The van der Waals surface area contributed by atoms with E-state index in [0.717, 1.165) is 11.3 Å². The minimum absolute atomic E-state index is 0.164. The molecular weight excluding hydrogens is 480 g/mol. The van der Waals surface area contributed by atoms with E-state index in [9.17, 15) is 9.59 Å². The third-order valence-corrected chi connectivity index (χ3v) is 6.97. The number of amides is 1. The molecule has 3 aromatic carbocycles. The van der Waals surface area contributed by atoms with Gasteiger partial charge in [-0.05, 0) is 42.8 Å². The number of nitriles is 1. The zero-order valence-corrected chi connectivity index (χ0v) is 20.7. The Morgan fingerprint density at radius 1 is 1.09 bits per heavy atom. The molecule has 1 heterocycles.